The van der Waals surface area contributed by atoms with E-state index in [1.54, 1.807) is 11.3 Å². The molecule has 0 radical (unpaired) electrons. The first-order valence-corrected chi connectivity index (χ1v) is 12.7. The summed E-state index contributed by atoms with van der Waals surface area (Å²) in [5.41, 5.74) is 0.616. The van der Waals surface area contributed by atoms with Crippen LogP contribution in [-0.2, 0) is 10.4 Å². The van der Waals surface area contributed by atoms with Crippen LogP contribution in [0.2, 0.25) is 0 Å². The highest BCUT2D eigenvalue weighted by molar-refractivity contribution is 9.10. The minimum Gasteiger partial charge on any atom is -0.375 e. The Balaban J connectivity index is 1.30. The molecule has 0 spiro atoms. The van der Waals surface area contributed by atoms with E-state index in [0.29, 0.717) is 11.8 Å². The van der Waals surface area contributed by atoms with Gasteiger partial charge in [0.2, 0.25) is 0 Å². The Morgan fingerprint density at radius 3 is 2.43 bits per heavy atom. The van der Waals surface area contributed by atoms with Crippen LogP contribution in [0.5, 0.6) is 0 Å². The summed E-state index contributed by atoms with van der Waals surface area (Å²) >= 11 is 5.45. The number of rotatable bonds is 5. The molecule has 2 N–H and O–H groups in total. The van der Waals surface area contributed by atoms with E-state index in [1.807, 2.05) is 30.3 Å². The number of aliphatic hydroxyl groups is 1. The normalized spacial score (nSPS) is 28.1. The summed E-state index contributed by atoms with van der Waals surface area (Å²) in [6.07, 6.45) is 5.20. The third-order valence-electron chi connectivity index (χ3n) is 7.46. The van der Waals surface area contributed by atoms with Crippen LogP contribution in [0.15, 0.2) is 40.2 Å². The zero-order valence-corrected chi connectivity index (χ0v) is 19.7. The number of amides is 1. The van der Waals surface area contributed by atoms with Gasteiger partial charge in [-0.05, 0) is 41.3 Å². The molecule has 4 atom stereocenters. The fourth-order valence-corrected chi connectivity index (χ4v) is 7.45. The predicted molar refractivity (Wildman–Crippen MR) is 125 cm³/mol. The van der Waals surface area contributed by atoms with Crippen molar-refractivity contribution in [3.05, 3.63) is 50.6 Å². The van der Waals surface area contributed by atoms with Gasteiger partial charge in [-0.3, -0.25) is 4.79 Å². The second-order valence-electron chi connectivity index (χ2n) is 9.19. The Hall–Kier alpha value is -1.37. The first kappa shape index (κ1) is 20.5. The van der Waals surface area contributed by atoms with Crippen molar-refractivity contribution in [1.29, 1.82) is 0 Å². The monoisotopic (exact) mass is 488 g/mol. The lowest BCUT2D eigenvalue weighted by molar-refractivity contribution is -0.149. The first-order chi connectivity index (χ1) is 14.5. The molecule has 2 unspecified atom stereocenters. The zero-order valence-electron chi connectivity index (χ0n) is 17.3. The van der Waals surface area contributed by atoms with Gasteiger partial charge in [-0.2, -0.15) is 0 Å². The van der Waals surface area contributed by atoms with Crippen LogP contribution in [-0.4, -0.2) is 30.1 Å². The van der Waals surface area contributed by atoms with Gasteiger partial charge in [-0.1, -0.05) is 49.6 Å². The second kappa shape index (κ2) is 7.95. The topological polar surface area (TPSA) is 52.6 Å². The second-order valence-corrected chi connectivity index (χ2v) is 11.1. The largest absolute Gasteiger partial charge is 0.375 e. The third kappa shape index (κ3) is 3.41. The maximum absolute atomic E-state index is 13.5. The number of nitrogens with one attached hydrogen (secondary N) is 1. The Kier molecular flexibility index (Phi) is 5.44. The summed E-state index contributed by atoms with van der Waals surface area (Å²) in [5, 5.41) is 17.2. The third-order valence-corrected chi connectivity index (χ3v) is 9.27. The molecule has 3 fully saturated rings. The Morgan fingerprint density at radius 1 is 1.17 bits per heavy atom. The number of nitrogens with zero attached hydrogens (tertiary/aromatic N) is 1. The molecule has 30 heavy (non-hydrogen) atoms. The number of benzene rings is 1. The number of piperidine rings is 1. The minimum absolute atomic E-state index is 0.00634. The number of carbonyl (C=O) groups is 1. The SMILES string of the molecule is Cc1scc(Br)c1N1CC2[C@H](C1)[C@H]2NC(=O)C(O)(c1ccccc1)C1CCCCC1. The van der Waals surface area contributed by atoms with Crippen LogP contribution in [0.3, 0.4) is 0 Å². The number of aryl methyl sites for hydroxylation is 1. The van der Waals surface area contributed by atoms with Crippen molar-refractivity contribution < 1.29 is 9.90 Å². The summed E-state index contributed by atoms with van der Waals surface area (Å²) in [6, 6.07) is 9.77. The summed E-state index contributed by atoms with van der Waals surface area (Å²) in [4.78, 5) is 17.3. The van der Waals surface area contributed by atoms with E-state index in [9.17, 15) is 9.90 Å². The Bertz CT molecular complexity index is 895. The van der Waals surface area contributed by atoms with E-state index in [-0.39, 0.29) is 17.9 Å². The highest BCUT2D eigenvalue weighted by Crippen LogP contribution is 2.50. The quantitative estimate of drug-likeness (QED) is 0.632. The van der Waals surface area contributed by atoms with Gasteiger partial charge in [0.05, 0.1) is 10.2 Å². The number of anilines is 1. The molecule has 1 amide bonds. The van der Waals surface area contributed by atoms with E-state index in [0.717, 1.165) is 44.3 Å². The molecule has 6 heteroatoms. The molecule has 4 nitrogen and oxygen atoms in total. The molecule has 1 saturated heterocycles. The van der Waals surface area contributed by atoms with E-state index in [4.69, 9.17) is 0 Å². The van der Waals surface area contributed by atoms with Crippen molar-refractivity contribution in [2.24, 2.45) is 17.8 Å². The van der Waals surface area contributed by atoms with Gasteiger partial charge in [0.25, 0.3) is 5.91 Å². The molecule has 0 bridgehead atoms. The standard InChI is InChI=1S/C24H29BrN2O2S/c1-15-22(20(25)14-30-15)27-12-18-19(13-27)21(18)26-23(28)24(29,16-8-4-2-5-9-16)17-10-6-3-7-11-17/h2,4-5,8-9,14,17-19,21,29H,3,6-7,10-13H2,1H3,(H,26,28)/t18-,19?,21+,24?/m0/s1. The molecule has 2 heterocycles. The number of hydrogen-bond acceptors (Lipinski definition) is 4. The van der Waals surface area contributed by atoms with Crippen LogP contribution in [0.1, 0.15) is 42.5 Å². The van der Waals surface area contributed by atoms with Crippen molar-refractivity contribution in [2.75, 3.05) is 18.0 Å². The predicted octanol–water partition coefficient (Wildman–Crippen LogP) is 4.84. The Morgan fingerprint density at radius 2 is 1.83 bits per heavy atom. The highest BCUT2D eigenvalue weighted by Gasteiger charge is 2.58. The van der Waals surface area contributed by atoms with Crippen molar-refractivity contribution in [1.82, 2.24) is 5.32 Å². The first-order valence-electron chi connectivity index (χ1n) is 11.1. The number of thiophene rings is 1. The van der Waals surface area contributed by atoms with Crippen molar-refractivity contribution in [2.45, 2.75) is 50.7 Å². The number of hydrogen-bond donors (Lipinski definition) is 2. The lowest BCUT2D eigenvalue weighted by atomic mass is 9.73. The summed E-state index contributed by atoms with van der Waals surface area (Å²) in [7, 11) is 0. The van der Waals surface area contributed by atoms with Gasteiger partial charge in [-0.15, -0.1) is 11.3 Å². The molecule has 1 aromatic carbocycles. The average Bonchev–Trinajstić information content (AvgIpc) is 3.07. The smallest absolute Gasteiger partial charge is 0.257 e. The van der Waals surface area contributed by atoms with Crippen LogP contribution < -0.4 is 10.2 Å². The van der Waals surface area contributed by atoms with Gasteiger partial charge in [0.15, 0.2) is 5.60 Å². The Labute approximate surface area is 190 Å². The van der Waals surface area contributed by atoms with Gasteiger partial charge >= 0.3 is 0 Å². The summed E-state index contributed by atoms with van der Waals surface area (Å²) in [5.74, 6) is 0.755. The van der Waals surface area contributed by atoms with Crippen molar-refractivity contribution in [3.63, 3.8) is 0 Å². The number of halogens is 1. The summed E-state index contributed by atoms with van der Waals surface area (Å²) in [6.45, 7) is 4.11. The maximum Gasteiger partial charge on any atom is 0.257 e. The highest BCUT2D eigenvalue weighted by atomic mass is 79.9. The zero-order chi connectivity index (χ0) is 20.9. The molecule has 3 aliphatic rings. The lowest BCUT2D eigenvalue weighted by Gasteiger charge is -2.38. The van der Waals surface area contributed by atoms with Gasteiger partial charge in [0.1, 0.15) is 0 Å². The molecule has 2 saturated carbocycles. The van der Waals surface area contributed by atoms with Crippen molar-refractivity contribution in [3.8, 4) is 0 Å². The fourth-order valence-electron chi connectivity index (χ4n) is 5.74. The van der Waals surface area contributed by atoms with E-state index >= 15 is 0 Å². The summed E-state index contributed by atoms with van der Waals surface area (Å²) < 4.78 is 1.17. The molecule has 1 aliphatic heterocycles. The molecular weight excluding hydrogens is 460 g/mol. The van der Waals surface area contributed by atoms with Gasteiger partial charge in [0, 0.05) is 47.1 Å². The van der Waals surface area contributed by atoms with Crippen molar-refractivity contribution >= 4 is 38.9 Å². The van der Waals surface area contributed by atoms with E-state index in [1.165, 1.54) is 21.5 Å². The minimum atomic E-state index is -1.43. The molecule has 2 aromatic rings. The molecule has 160 valence electrons. The molecular formula is C24H29BrN2O2S. The van der Waals surface area contributed by atoms with Crippen LogP contribution in [0, 0.1) is 24.7 Å². The van der Waals surface area contributed by atoms with Gasteiger partial charge in [-0.25, -0.2) is 0 Å². The maximum atomic E-state index is 13.5. The van der Waals surface area contributed by atoms with E-state index < -0.39 is 5.60 Å². The van der Waals surface area contributed by atoms with Crippen LogP contribution >= 0.6 is 27.3 Å². The van der Waals surface area contributed by atoms with Crippen LogP contribution in [0.25, 0.3) is 0 Å². The molecule has 1 aromatic heterocycles. The lowest BCUT2D eigenvalue weighted by Crippen LogP contribution is -2.52. The number of carbonyl (C=O) groups excluding carboxylic acids is 1. The molecule has 5 rings (SSSR count). The van der Waals surface area contributed by atoms with Crippen LogP contribution in [0.4, 0.5) is 5.69 Å². The number of fused-ring (bicyclic) bond motifs is 1. The average molecular weight is 489 g/mol. The fraction of sp³-hybridized carbons (Fsp3) is 0.542. The van der Waals surface area contributed by atoms with Gasteiger partial charge < -0.3 is 15.3 Å². The van der Waals surface area contributed by atoms with E-state index in [2.05, 4.69) is 38.5 Å². The molecule has 2 aliphatic carbocycles.